The number of para-hydroxylation sites is 1. The van der Waals surface area contributed by atoms with Crippen LogP contribution in [-0.4, -0.2) is 52.6 Å². The molecule has 0 bridgehead atoms. The molecule has 1 saturated heterocycles. The van der Waals surface area contributed by atoms with Gasteiger partial charge in [-0.3, -0.25) is 0 Å². The van der Waals surface area contributed by atoms with Gasteiger partial charge in [0.1, 0.15) is 31.4 Å². The van der Waals surface area contributed by atoms with Gasteiger partial charge in [-0.05, 0) is 37.2 Å². The molecule has 0 amide bonds. The van der Waals surface area contributed by atoms with Crippen molar-refractivity contribution < 1.29 is 28.2 Å². The monoisotopic (exact) mass is 396 g/mol. The fourth-order valence-corrected chi connectivity index (χ4v) is 3.29. The van der Waals surface area contributed by atoms with Crippen LogP contribution in [0.1, 0.15) is 27.7 Å². The topological polar surface area (TPSA) is 63.2 Å². The van der Waals surface area contributed by atoms with E-state index in [0.29, 0.717) is 12.4 Å². The first-order valence-corrected chi connectivity index (χ1v) is 12.3. The Morgan fingerprint density at radius 1 is 1.15 bits per heavy atom. The van der Waals surface area contributed by atoms with Gasteiger partial charge in [-0.1, -0.05) is 39.0 Å². The van der Waals surface area contributed by atoms with Gasteiger partial charge in [-0.2, -0.15) is 0 Å². The molecule has 1 heterocycles. The molecule has 0 aromatic heterocycles. The van der Waals surface area contributed by atoms with Crippen molar-refractivity contribution in [3.05, 3.63) is 30.3 Å². The number of carbonyl (C=O) groups excluding carboxylic acids is 1. The Kier molecular flexibility index (Phi) is 7.45. The van der Waals surface area contributed by atoms with E-state index in [2.05, 4.69) is 33.9 Å². The molecule has 27 heavy (non-hydrogen) atoms. The number of carbonyl (C=O) groups is 1. The molecular formula is C20H32O6Si. The standard InChI is InChI=1S/C20H32O6Si/c1-15(26-16-10-8-7-9-11-16)19(21)22-12-17-18(24-14-23-17)13-25-27(5,6)20(2,3)4/h7-11,15,17-18H,12-14H2,1-6H3/t15-,17-,18-/m0/s1. The zero-order valence-electron chi connectivity index (χ0n) is 17.2. The number of hydrogen-bond acceptors (Lipinski definition) is 6. The van der Waals surface area contributed by atoms with E-state index in [1.807, 2.05) is 18.2 Å². The minimum atomic E-state index is -1.87. The Morgan fingerprint density at radius 3 is 2.33 bits per heavy atom. The summed E-state index contributed by atoms with van der Waals surface area (Å²) in [6.45, 7) is 13.4. The molecule has 6 nitrogen and oxygen atoms in total. The first kappa shape index (κ1) is 21.9. The highest BCUT2D eigenvalue weighted by Crippen LogP contribution is 2.37. The fourth-order valence-electron chi connectivity index (χ4n) is 2.28. The third-order valence-corrected chi connectivity index (χ3v) is 9.67. The molecule has 152 valence electrons. The van der Waals surface area contributed by atoms with Gasteiger partial charge in [0.05, 0.1) is 6.61 Å². The van der Waals surface area contributed by atoms with Gasteiger partial charge in [0.15, 0.2) is 14.4 Å². The number of esters is 1. The first-order chi connectivity index (χ1) is 12.6. The Hall–Kier alpha value is -1.41. The highest BCUT2D eigenvalue weighted by molar-refractivity contribution is 6.74. The fraction of sp³-hybridized carbons (Fsp3) is 0.650. The van der Waals surface area contributed by atoms with Crippen molar-refractivity contribution in [2.45, 2.75) is 64.1 Å². The van der Waals surface area contributed by atoms with E-state index in [9.17, 15) is 4.79 Å². The molecule has 1 aromatic rings. The lowest BCUT2D eigenvalue weighted by Crippen LogP contribution is -2.44. The first-order valence-electron chi connectivity index (χ1n) is 9.35. The molecule has 0 unspecified atom stereocenters. The maximum absolute atomic E-state index is 12.2. The van der Waals surface area contributed by atoms with E-state index >= 15 is 0 Å². The number of rotatable bonds is 8. The van der Waals surface area contributed by atoms with Crippen LogP contribution in [0.3, 0.4) is 0 Å². The summed E-state index contributed by atoms with van der Waals surface area (Å²) in [6, 6.07) is 9.19. The van der Waals surface area contributed by atoms with Gasteiger partial charge in [-0.25, -0.2) is 4.79 Å². The molecule has 1 aromatic carbocycles. The van der Waals surface area contributed by atoms with E-state index in [4.69, 9.17) is 23.4 Å². The van der Waals surface area contributed by atoms with Crippen molar-refractivity contribution in [3.8, 4) is 5.75 Å². The number of ether oxygens (including phenoxy) is 4. The predicted molar refractivity (Wildman–Crippen MR) is 105 cm³/mol. The Labute approximate surface area is 163 Å². The van der Waals surface area contributed by atoms with Gasteiger partial charge in [0, 0.05) is 0 Å². The van der Waals surface area contributed by atoms with Gasteiger partial charge >= 0.3 is 5.97 Å². The van der Waals surface area contributed by atoms with Crippen LogP contribution >= 0.6 is 0 Å². The molecule has 2 rings (SSSR count). The lowest BCUT2D eigenvalue weighted by atomic mass is 10.2. The lowest BCUT2D eigenvalue weighted by Gasteiger charge is -2.37. The van der Waals surface area contributed by atoms with Crippen molar-refractivity contribution in [1.29, 1.82) is 0 Å². The molecule has 0 saturated carbocycles. The molecule has 0 spiro atoms. The predicted octanol–water partition coefficient (Wildman–Crippen LogP) is 3.76. The third-order valence-electron chi connectivity index (χ3n) is 5.17. The van der Waals surface area contributed by atoms with Crippen LogP contribution in [0.2, 0.25) is 18.1 Å². The van der Waals surface area contributed by atoms with Crippen LogP contribution in [0.5, 0.6) is 5.75 Å². The van der Waals surface area contributed by atoms with Gasteiger partial charge in [-0.15, -0.1) is 0 Å². The summed E-state index contributed by atoms with van der Waals surface area (Å²) in [5, 5.41) is 0.124. The van der Waals surface area contributed by atoms with Gasteiger partial charge in [0.2, 0.25) is 0 Å². The average Bonchev–Trinajstić information content (AvgIpc) is 3.05. The normalized spacial score (nSPS) is 21.7. The van der Waals surface area contributed by atoms with Crippen molar-refractivity contribution in [3.63, 3.8) is 0 Å². The maximum atomic E-state index is 12.2. The van der Waals surface area contributed by atoms with Crippen LogP contribution in [-0.2, 0) is 23.4 Å². The van der Waals surface area contributed by atoms with Crippen LogP contribution in [0.15, 0.2) is 30.3 Å². The van der Waals surface area contributed by atoms with Crippen molar-refractivity contribution in [1.82, 2.24) is 0 Å². The molecule has 0 N–H and O–H groups in total. The van der Waals surface area contributed by atoms with Crippen LogP contribution in [0, 0.1) is 0 Å². The zero-order valence-corrected chi connectivity index (χ0v) is 18.2. The highest BCUT2D eigenvalue weighted by atomic mass is 28.4. The zero-order chi connectivity index (χ0) is 20.1. The summed E-state index contributed by atoms with van der Waals surface area (Å²) >= 11 is 0. The smallest absolute Gasteiger partial charge is 0.347 e. The average molecular weight is 397 g/mol. The molecular weight excluding hydrogens is 364 g/mol. The molecule has 1 aliphatic heterocycles. The maximum Gasteiger partial charge on any atom is 0.347 e. The number of hydrogen-bond donors (Lipinski definition) is 0. The van der Waals surface area contributed by atoms with E-state index < -0.39 is 20.4 Å². The Bertz CT molecular complexity index is 598. The van der Waals surface area contributed by atoms with Gasteiger partial charge in [0.25, 0.3) is 0 Å². The minimum Gasteiger partial charge on any atom is -0.479 e. The quantitative estimate of drug-likeness (QED) is 0.492. The van der Waals surface area contributed by atoms with Crippen molar-refractivity contribution in [2.75, 3.05) is 20.0 Å². The second-order valence-corrected chi connectivity index (χ2v) is 13.1. The minimum absolute atomic E-state index is 0.118. The highest BCUT2D eigenvalue weighted by Gasteiger charge is 2.40. The lowest BCUT2D eigenvalue weighted by molar-refractivity contribution is -0.154. The van der Waals surface area contributed by atoms with Gasteiger partial charge < -0.3 is 23.4 Å². The largest absolute Gasteiger partial charge is 0.479 e. The Morgan fingerprint density at radius 2 is 1.74 bits per heavy atom. The Balaban J connectivity index is 1.79. The van der Waals surface area contributed by atoms with Crippen LogP contribution in [0.4, 0.5) is 0 Å². The number of benzene rings is 1. The summed E-state index contributed by atoms with van der Waals surface area (Å²) in [7, 11) is -1.87. The summed E-state index contributed by atoms with van der Waals surface area (Å²) in [4.78, 5) is 12.2. The summed E-state index contributed by atoms with van der Waals surface area (Å²) in [5.74, 6) is 0.196. The van der Waals surface area contributed by atoms with E-state index in [-0.39, 0.29) is 30.6 Å². The second-order valence-electron chi connectivity index (χ2n) is 8.30. The molecule has 1 aliphatic rings. The molecule has 0 aliphatic carbocycles. The van der Waals surface area contributed by atoms with Crippen molar-refractivity contribution >= 4 is 14.3 Å². The van der Waals surface area contributed by atoms with E-state index in [1.165, 1.54) is 0 Å². The SMILES string of the molecule is C[C@H](Oc1ccccc1)C(=O)OC[C@@H]1OCO[C@H]1CO[Si](C)(C)C(C)(C)C. The third kappa shape index (κ3) is 6.31. The molecule has 0 radical (unpaired) electrons. The molecule has 3 atom stereocenters. The van der Waals surface area contributed by atoms with Crippen LogP contribution in [0.25, 0.3) is 0 Å². The summed E-state index contributed by atoms with van der Waals surface area (Å²) in [5.41, 5.74) is 0. The van der Waals surface area contributed by atoms with Crippen molar-refractivity contribution in [2.24, 2.45) is 0 Å². The van der Waals surface area contributed by atoms with E-state index in [1.54, 1.807) is 19.1 Å². The molecule has 1 fully saturated rings. The summed E-state index contributed by atoms with van der Waals surface area (Å²) in [6.07, 6.45) is -1.27. The summed E-state index contributed by atoms with van der Waals surface area (Å²) < 4.78 is 28.3. The van der Waals surface area contributed by atoms with Crippen LogP contribution < -0.4 is 4.74 Å². The molecule has 7 heteroatoms. The second kappa shape index (κ2) is 9.19. The van der Waals surface area contributed by atoms with E-state index in [0.717, 1.165) is 0 Å².